The SMILES string of the molecule is N#Cc1cc2ccccc2nc1OC1CCCCC1N. The van der Waals surface area contributed by atoms with Crippen LogP contribution in [0.15, 0.2) is 30.3 Å². The molecule has 2 aromatic rings. The predicted molar refractivity (Wildman–Crippen MR) is 77.3 cm³/mol. The van der Waals surface area contributed by atoms with Crippen molar-refractivity contribution in [3.63, 3.8) is 0 Å². The zero-order valence-corrected chi connectivity index (χ0v) is 11.2. The Kier molecular flexibility index (Phi) is 3.53. The lowest BCUT2D eigenvalue weighted by atomic mass is 9.93. The van der Waals surface area contributed by atoms with Gasteiger partial charge in [0.1, 0.15) is 17.7 Å². The maximum atomic E-state index is 9.27. The third kappa shape index (κ3) is 2.45. The number of para-hydroxylation sites is 1. The first-order valence-electron chi connectivity index (χ1n) is 7.00. The smallest absolute Gasteiger partial charge is 0.232 e. The van der Waals surface area contributed by atoms with E-state index in [1.54, 1.807) is 0 Å². The first-order valence-corrected chi connectivity index (χ1v) is 7.00. The van der Waals surface area contributed by atoms with E-state index in [1.807, 2.05) is 30.3 Å². The lowest BCUT2D eigenvalue weighted by Crippen LogP contribution is -2.41. The fourth-order valence-electron chi connectivity index (χ4n) is 2.68. The van der Waals surface area contributed by atoms with Crippen molar-refractivity contribution in [3.05, 3.63) is 35.9 Å². The molecule has 1 heterocycles. The van der Waals surface area contributed by atoms with Gasteiger partial charge in [0, 0.05) is 11.4 Å². The molecule has 2 atom stereocenters. The van der Waals surface area contributed by atoms with E-state index in [1.165, 1.54) is 0 Å². The molecule has 1 fully saturated rings. The molecule has 102 valence electrons. The average molecular weight is 267 g/mol. The van der Waals surface area contributed by atoms with Gasteiger partial charge in [-0.3, -0.25) is 0 Å². The lowest BCUT2D eigenvalue weighted by Gasteiger charge is -2.28. The molecular formula is C16H17N3O. The van der Waals surface area contributed by atoms with Crippen LogP contribution in [0.5, 0.6) is 5.88 Å². The summed E-state index contributed by atoms with van der Waals surface area (Å²) in [6, 6.07) is 11.7. The average Bonchev–Trinajstić information content (AvgIpc) is 2.49. The van der Waals surface area contributed by atoms with E-state index in [0.29, 0.717) is 11.4 Å². The Morgan fingerprint density at radius 2 is 2.05 bits per heavy atom. The van der Waals surface area contributed by atoms with Gasteiger partial charge in [-0.25, -0.2) is 4.98 Å². The van der Waals surface area contributed by atoms with Crippen molar-refractivity contribution in [1.29, 1.82) is 5.26 Å². The molecule has 0 saturated heterocycles. The first kappa shape index (κ1) is 12.9. The van der Waals surface area contributed by atoms with E-state index >= 15 is 0 Å². The monoisotopic (exact) mass is 267 g/mol. The summed E-state index contributed by atoms with van der Waals surface area (Å²) in [5.41, 5.74) is 7.41. The van der Waals surface area contributed by atoms with Crippen molar-refractivity contribution >= 4 is 10.9 Å². The van der Waals surface area contributed by atoms with Gasteiger partial charge in [0.2, 0.25) is 5.88 Å². The Morgan fingerprint density at radius 3 is 2.85 bits per heavy atom. The quantitative estimate of drug-likeness (QED) is 0.908. The molecule has 1 aliphatic carbocycles. The second-order valence-corrected chi connectivity index (χ2v) is 5.25. The molecule has 2 N–H and O–H groups in total. The summed E-state index contributed by atoms with van der Waals surface area (Å²) in [5, 5.41) is 10.2. The summed E-state index contributed by atoms with van der Waals surface area (Å²) in [5.74, 6) is 0.411. The summed E-state index contributed by atoms with van der Waals surface area (Å²) in [7, 11) is 0. The molecule has 0 bridgehead atoms. The zero-order chi connectivity index (χ0) is 13.9. The van der Waals surface area contributed by atoms with Crippen LogP contribution in [0.25, 0.3) is 10.9 Å². The lowest BCUT2D eigenvalue weighted by molar-refractivity contribution is 0.127. The van der Waals surface area contributed by atoms with E-state index in [0.717, 1.165) is 36.6 Å². The normalized spacial score (nSPS) is 22.4. The number of benzene rings is 1. The van der Waals surface area contributed by atoms with Crippen LogP contribution in [0.3, 0.4) is 0 Å². The molecule has 3 rings (SSSR count). The molecule has 0 radical (unpaired) electrons. The number of nitriles is 1. The van der Waals surface area contributed by atoms with Crippen LogP contribution in [0, 0.1) is 11.3 Å². The fourth-order valence-corrected chi connectivity index (χ4v) is 2.68. The third-order valence-electron chi connectivity index (χ3n) is 3.83. The summed E-state index contributed by atoms with van der Waals surface area (Å²) in [6.07, 6.45) is 4.13. The molecular weight excluding hydrogens is 250 g/mol. The van der Waals surface area contributed by atoms with E-state index in [-0.39, 0.29) is 12.1 Å². The van der Waals surface area contributed by atoms with Crippen molar-refractivity contribution in [2.45, 2.75) is 37.8 Å². The Labute approximate surface area is 118 Å². The van der Waals surface area contributed by atoms with Crippen LogP contribution < -0.4 is 10.5 Å². The second-order valence-electron chi connectivity index (χ2n) is 5.25. The molecule has 1 aromatic heterocycles. The third-order valence-corrected chi connectivity index (χ3v) is 3.83. The van der Waals surface area contributed by atoms with Crippen molar-refractivity contribution < 1.29 is 4.74 Å². The van der Waals surface area contributed by atoms with Gasteiger partial charge in [0.05, 0.1) is 5.52 Å². The number of nitrogens with two attached hydrogens (primary N) is 1. The predicted octanol–water partition coefficient (Wildman–Crippen LogP) is 2.76. The van der Waals surface area contributed by atoms with Crippen LogP contribution in [0.4, 0.5) is 0 Å². The van der Waals surface area contributed by atoms with Crippen molar-refractivity contribution in [3.8, 4) is 11.9 Å². The number of rotatable bonds is 2. The number of ether oxygens (including phenoxy) is 1. The summed E-state index contributed by atoms with van der Waals surface area (Å²) >= 11 is 0. The highest BCUT2D eigenvalue weighted by molar-refractivity contribution is 5.80. The minimum absolute atomic E-state index is 0.0311. The number of pyridine rings is 1. The van der Waals surface area contributed by atoms with Crippen molar-refractivity contribution in [2.75, 3.05) is 0 Å². The molecule has 1 aromatic carbocycles. The molecule has 20 heavy (non-hydrogen) atoms. The molecule has 2 unspecified atom stereocenters. The number of hydrogen-bond acceptors (Lipinski definition) is 4. The molecule has 4 heteroatoms. The van der Waals surface area contributed by atoms with Crippen molar-refractivity contribution in [2.24, 2.45) is 5.73 Å². The highest BCUT2D eigenvalue weighted by Crippen LogP contribution is 2.26. The van der Waals surface area contributed by atoms with E-state index in [2.05, 4.69) is 11.1 Å². The van der Waals surface area contributed by atoms with Gasteiger partial charge in [0.25, 0.3) is 0 Å². The van der Waals surface area contributed by atoms with Crippen LogP contribution in [-0.2, 0) is 0 Å². The Morgan fingerprint density at radius 1 is 1.25 bits per heavy atom. The molecule has 0 spiro atoms. The summed E-state index contributed by atoms with van der Waals surface area (Å²) < 4.78 is 5.94. The van der Waals surface area contributed by atoms with Crippen LogP contribution in [-0.4, -0.2) is 17.1 Å². The molecule has 1 saturated carbocycles. The van der Waals surface area contributed by atoms with Crippen LogP contribution in [0.1, 0.15) is 31.2 Å². The Bertz CT molecular complexity index is 662. The second kappa shape index (κ2) is 5.48. The largest absolute Gasteiger partial charge is 0.472 e. The molecule has 1 aliphatic rings. The maximum absolute atomic E-state index is 9.27. The van der Waals surface area contributed by atoms with Gasteiger partial charge in [-0.15, -0.1) is 0 Å². The van der Waals surface area contributed by atoms with Gasteiger partial charge < -0.3 is 10.5 Å². The van der Waals surface area contributed by atoms with Crippen LogP contribution >= 0.6 is 0 Å². The molecule has 0 amide bonds. The van der Waals surface area contributed by atoms with E-state index < -0.39 is 0 Å². The van der Waals surface area contributed by atoms with Gasteiger partial charge in [-0.1, -0.05) is 24.6 Å². The van der Waals surface area contributed by atoms with Crippen LogP contribution in [0.2, 0.25) is 0 Å². The highest BCUT2D eigenvalue weighted by Gasteiger charge is 2.25. The molecule has 4 nitrogen and oxygen atoms in total. The summed E-state index contributed by atoms with van der Waals surface area (Å²) in [4.78, 5) is 4.47. The Hall–Kier alpha value is -2.12. The van der Waals surface area contributed by atoms with Crippen molar-refractivity contribution in [1.82, 2.24) is 4.98 Å². The van der Waals surface area contributed by atoms with Gasteiger partial charge in [-0.2, -0.15) is 5.26 Å². The Balaban J connectivity index is 1.95. The number of aromatic nitrogens is 1. The number of fused-ring (bicyclic) bond motifs is 1. The zero-order valence-electron chi connectivity index (χ0n) is 11.2. The minimum atomic E-state index is -0.0375. The number of nitrogens with zero attached hydrogens (tertiary/aromatic N) is 2. The summed E-state index contributed by atoms with van der Waals surface area (Å²) in [6.45, 7) is 0. The fraction of sp³-hybridized carbons (Fsp3) is 0.375. The van der Waals surface area contributed by atoms with Gasteiger partial charge in [0.15, 0.2) is 0 Å². The number of hydrogen-bond donors (Lipinski definition) is 1. The minimum Gasteiger partial charge on any atom is -0.472 e. The van der Waals surface area contributed by atoms with Gasteiger partial charge >= 0.3 is 0 Å². The van der Waals surface area contributed by atoms with E-state index in [9.17, 15) is 5.26 Å². The first-order chi connectivity index (χ1) is 9.78. The topological polar surface area (TPSA) is 71.9 Å². The maximum Gasteiger partial charge on any atom is 0.232 e. The van der Waals surface area contributed by atoms with E-state index in [4.69, 9.17) is 10.5 Å². The highest BCUT2D eigenvalue weighted by atomic mass is 16.5. The van der Waals surface area contributed by atoms with Gasteiger partial charge in [-0.05, 0) is 31.4 Å². The molecule has 0 aliphatic heterocycles. The standard InChI is InChI=1S/C16H17N3O/c17-10-12-9-11-5-1-3-7-14(11)19-16(12)20-15-8-4-2-6-13(15)18/h1,3,5,7,9,13,15H,2,4,6,8,18H2.